The number of aryl methyl sites for hydroxylation is 3. The summed E-state index contributed by atoms with van der Waals surface area (Å²) in [4.78, 5) is 47.2. The van der Waals surface area contributed by atoms with E-state index in [-0.39, 0.29) is 28.2 Å². The fourth-order valence-corrected chi connectivity index (χ4v) is 11.3. The van der Waals surface area contributed by atoms with Gasteiger partial charge in [-0.25, -0.2) is 29.3 Å². The Kier molecular flexibility index (Phi) is 22.7. The van der Waals surface area contributed by atoms with Gasteiger partial charge in [0.15, 0.2) is 19.8 Å². The summed E-state index contributed by atoms with van der Waals surface area (Å²) in [5.41, 5.74) is 11.9. The number of methoxy groups -OCH3 is 2. The van der Waals surface area contributed by atoms with E-state index in [1.165, 1.54) is 62.2 Å². The topological polar surface area (TPSA) is 184 Å². The lowest BCUT2D eigenvalue weighted by Crippen LogP contribution is -2.13. The number of esters is 2. The van der Waals surface area contributed by atoms with Crippen LogP contribution in [0.5, 0.6) is 34.5 Å². The van der Waals surface area contributed by atoms with Gasteiger partial charge in [0.2, 0.25) is 0 Å². The van der Waals surface area contributed by atoms with E-state index in [1.54, 1.807) is 58.3 Å². The number of carbonyl (C=O) groups is 3. The molecule has 0 amide bonds. The van der Waals surface area contributed by atoms with Gasteiger partial charge < -0.3 is 43.0 Å². The number of carbonyl (C=O) groups excluding carboxylic acids is 2. The van der Waals surface area contributed by atoms with E-state index in [0.29, 0.717) is 54.7 Å². The third-order valence-corrected chi connectivity index (χ3v) is 16.5. The van der Waals surface area contributed by atoms with Gasteiger partial charge in [0.05, 0.1) is 31.3 Å². The van der Waals surface area contributed by atoms with Crippen molar-refractivity contribution < 1.29 is 57.4 Å². The molecule has 3 aromatic heterocycles. The van der Waals surface area contributed by atoms with Gasteiger partial charge in [0, 0.05) is 45.7 Å². The summed E-state index contributed by atoms with van der Waals surface area (Å²) in [6, 6.07) is 41.4. The summed E-state index contributed by atoms with van der Waals surface area (Å²) in [6.45, 7) is 6.28. The van der Waals surface area contributed by atoms with Crippen LogP contribution in [0.25, 0.3) is 33.8 Å². The number of hydrogen-bond acceptors (Lipinski definition) is 17. The Bertz CT molecular complexity index is 3710. The lowest BCUT2D eigenvalue weighted by atomic mass is 10.0. The van der Waals surface area contributed by atoms with E-state index < -0.39 is 17.9 Å². The number of rotatable bonds is 23. The molecule has 0 spiro atoms. The molecule has 20 heteroatoms. The number of benzene rings is 6. The number of ether oxygens (including phenoxy) is 8. The van der Waals surface area contributed by atoms with Crippen molar-refractivity contribution in [3.05, 3.63) is 191 Å². The van der Waals surface area contributed by atoms with Gasteiger partial charge in [-0.15, -0.1) is 34.0 Å². The molecule has 437 valence electrons. The minimum atomic E-state index is -0.998. The zero-order valence-corrected chi connectivity index (χ0v) is 51.6. The third-order valence-electron chi connectivity index (χ3n) is 13.3. The van der Waals surface area contributed by atoms with Crippen LogP contribution >= 0.6 is 49.9 Å². The number of hydrogen-bond donors (Lipinski definition) is 1. The molecule has 15 nitrogen and oxygen atoms in total. The largest absolute Gasteiger partial charge is 0.486 e. The average Bonchev–Trinajstić information content (AvgIpc) is 3.77. The first kappa shape index (κ1) is 63.0. The van der Waals surface area contributed by atoms with Crippen molar-refractivity contribution >= 4 is 76.3 Å². The fraction of sp³-hybridized carbons (Fsp3) is 0.262. The molecule has 0 aliphatic heterocycles. The fourth-order valence-electron chi connectivity index (χ4n) is 8.72. The van der Waals surface area contributed by atoms with Gasteiger partial charge in [0.25, 0.3) is 0 Å². The van der Waals surface area contributed by atoms with Crippen molar-refractivity contribution in [2.75, 3.05) is 34.0 Å². The lowest BCUT2D eigenvalue weighted by molar-refractivity contribution is -0.143. The predicted molar refractivity (Wildman–Crippen MR) is 335 cm³/mol. The minimum absolute atomic E-state index is 0. The Labute approximate surface area is 516 Å². The average molecular weight is 1260 g/mol. The monoisotopic (exact) mass is 1260 g/mol. The van der Waals surface area contributed by atoms with Gasteiger partial charge >= 0.3 is 17.9 Å². The van der Waals surface area contributed by atoms with Crippen molar-refractivity contribution in [1.29, 1.82) is 0 Å². The molecular weight excluding hydrogens is 1200 g/mol. The van der Waals surface area contributed by atoms with Crippen LogP contribution in [0.15, 0.2) is 148 Å². The summed E-state index contributed by atoms with van der Waals surface area (Å²) in [7, 11) is 2.67. The van der Waals surface area contributed by atoms with Crippen LogP contribution in [-0.4, -0.2) is 80.4 Å². The predicted octanol–water partition coefficient (Wildman–Crippen LogP) is 14.8. The number of aliphatic carboxylic acids is 1. The Balaban J connectivity index is 0.000000165. The van der Waals surface area contributed by atoms with Crippen LogP contribution in [-0.2, 0) is 43.7 Å². The number of carboxylic acids is 1. The second-order valence-electron chi connectivity index (χ2n) is 19.6. The molecule has 2 fully saturated rings. The summed E-state index contributed by atoms with van der Waals surface area (Å²) in [6.07, 6.45) is 5.08. The second-order valence-corrected chi connectivity index (χ2v) is 23.3. The van der Waals surface area contributed by atoms with Gasteiger partial charge in [-0.2, -0.15) is 0 Å². The Morgan fingerprint density at radius 1 is 0.482 bits per heavy atom. The molecule has 0 bridgehead atoms. The molecule has 2 aliphatic carbocycles. The van der Waals surface area contributed by atoms with Gasteiger partial charge in [0.1, 0.15) is 69.3 Å². The molecule has 0 unspecified atom stereocenters. The van der Waals surface area contributed by atoms with Gasteiger partial charge in [-0.3, -0.25) is 0 Å². The van der Waals surface area contributed by atoms with Crippen molar-refractivity contribution in [3.8, 4) is 68.3 Å². The highest BCUT2D eigenvalue weighted by Crippen LogP contribution is 2.46. The first-order valence-corrected chi connectivity index (χ1v) is 30.4. The van der Waals surface area contributed by atoms with E-state index in [0.717, 1.165) is 70.3 Å². The van der Waals surface area contributed by atoms with E-state index in [1.807, 2.05) is 80.7 Å². The number of carboxylic acid groups (broad SMARTS) is 1. The first-order chi connectivity index (χ1) is 40.8. The molecule has 11 rings (SSSR count). The maximum absolute atomic E-state index is 11.2. The third kappa shape index (κ3) is 18.2. The quantitative estimate of drug-likeness (QED) is 0.0471. The van der Waals surface area contributed by atoms with Crippen LogP contribution < -0.4 is 28.4 Å². The van der Waals surface area contributed by atoms with Gasteiger partial charge in [-0.05, 0) is 147 Å². The van der Waals surface area contributed by atoms with Crippen LogP contribution in [0.4, 0.5) is 0 Å². The Morgan fingerprint density at radius 3 is 1.16 bits per heavy atom. The van der Waals surface area contributed by atoms with E-state index >= 15 is 0 Å². The summed E-state index contributed by atoms with van der Waals surface area (Å²) >= 11 is 8.32. The summed E-state index contributed by atoms with van der Waals surface area (Å²) in [5.74, 6) is 3.51. The molecule has 0 saturated heterocycles. The Morgan fingerprint density at radius 2 is 0.824 bits per heavy atom. The minimum Gasteiger partial charge on any atom is -0.486 e. The van der Waals surface area contributed by atoms with Crippen LogP contribution in [0, 0.1) is 20.8 Å². The molecule has 3 radical (unpaired) electrons. The molecule has 9 aromatic rings. The normalized spacial score (nSPS) is 12.2. The summed E-state index contributed by atoms with van der Waals surface area (Å²) in [5, 5.41) is 17.7. The van der Waals surface area contributed by atoms with Crippen LogP contribution in [0.1, 0.15) is 80.4 Å². The maximum atomic E-state index is 11.2. The number of thiazole rings is 3. The first-order valence-electron chi connectivity index (χ1n) is 27.0. The van der Waals surface area contributed by atoms with Crippen molar-refractivity contribution in [3.63, 3.8) is 0 Å². The Hall–Kier alpha value is -8.04. The number of nitrogens with zero attached hydrogens (tertiary/aromatic N) is 3. The highest BCUT2D eigenvalue weighted by molar-refractivity contribution is 9.10. The molecule has 1 N–H and O–H groups in total. The zero-order valence-electron chi connectivity index (χ0n) is 47.5. The van der Waals surface area contributed by atoms with Crippen LogP contribution in [0.2, 0.25) is 0 Å². The van der Waals surface area contributed by atoms with E-state index in [2.05, 4.69) is 89.7 Å². The van der Waals surface area contributed by atoms with E-state index in [9.17, 15) is 14.4 Å². The molecule has 0 atom stereocenters. The molecule has 3 heterocycles. The van der Waals surface area contributed by atoms with Crippen molar-refractivity contribution in [2.45, 2.75) is 78.1 Å². The second kappa shape index (κ2) is 30.7. The molecule has 85 heavy (non-hydrogen) atoms. The SMILES string of the molecule is COC(=O)COc1ccc(OCc2nc(-c3ccccc3Br)cs2)cc1C.COC(=O)COc1ccc(OCc2nc(-c3ccccc3C3CC3)cs2)cc1C.Cc1cc(OCc2nc(-c3ccccc3C3CC3)cs2)ccc1OCC(=O)O.[B]. The standard InChI is InChI=1S/C23H23NO4S.C22H21NO4S.C20H18BrNO4S.B/c1-15-11-17(9-10-21(15)28-13-23(25)26-2)27-12-22-24-20(14-29-22)19-6-4-3-5-18(19)16-7-8-16;1-14-10-16(8-9-20(14)27-12-22(24)25)26-11-21-23-19(13-28-21)18-5-3-2-4-17(18)15-6-7-15;1-13-9-14(7-8-18(13)26-11-20(23)24-2)25-10-19-22-17(12-27-19)15-5-3-4-6-16(15)21;/h3-6,9-11,14,16H,7-8,12-13H2,1-2H3;2-5,8-10,13,15H,6-7,11-12H2,1H3,(H,24,25);3-9,12H,10-11H2,1-2H3;. The maximum Gasteiger partial charge on any atom is 0.343 e. The van der Waals surface area contributed by atoms with Crippen molar-refractivity contribution in [1.82, 2.24) is 15.0 Å². The highest BCUT2D eigenvalue weighted by Gasteiger charge is 2.28. The lowest BCUT2D eigenvalue weighted by Gasteiger charge is -2.10. The van der Waals surface area contributed by atoms with E-state index in [4.69, 9.17) is 43.5 Å². The smallest absolute Gasteiger partial charge is 0.343 e. The number of halogens is 1. The van der Waals surface area contributed by atoms with Crippen LogP contribution in [0.3, 0.4) is 0 Å². The highest BCUT2D eigenvalue weighted by atomic mass is 79.9. The zero-order chi connectivity index (χ0) is 59.0. The number of aromatic nitrogens is 3. The van der Waals surface area contributed by atoms with Crippen molar-refractivity contribution in [2.24, 2.45) is 0 Å². The molecule has 2 saturated carbocycles. The molecule has 2 aliphatic rings. The van der Waals surface area contributed by atoms with Gasteiger partial charge in [-0.1, -0.05) is 82.7 Å². The molecular formula is C65H62BBrN3O12S3. The summed E-state index contributed by atoms with van der Waals surface area (Å²) < 4.78 is 43.9. The molecule has 6 aromatic carbocycles.